The molecule has 0 radical (unpaired) electrons. The van der Waals surface area contributed by atoms with Gasteiger partial charge in [0.15, 0.2) is 0 Å². The highest BCUT2D eigenvalue weighted by Crippen LogP contribution is 2.32. The lowest BCUT2D eigenvalue weighted by molar-refractivity contribution is -0.150. The minimum atomic E-state index is -0.314. The summed E-state index contributed by atoms with van der Waals surface area (Å²) < 4.78 is 9.95. The van der Waals surface area contributed by atoms with E-state index in [9.17, 15) is 4.79 Å². The Bertz CT molecular complexity index is 1470. The summed E-state index contributed by atoms with van der Waals surface area (Å²) in [4.78, 5) is 20.7. The largest absolute Gasteiger partial charge is 0.461 e. The molecule has 2 unspecified atom stereocenters. The van der Waals surface area contributed by atoms with Crippen molar-refractivity contribution in [3.63, 3.8) is 0 Å². The monoisotopic (exact) mass is 596 g/mol. The molecule has 0 bridgehead atoms. The van der Waals surface area contributed by atoms with Crippen LogP contribution in [0.5, 0.6) is 0 Å². The van der Waals surface area contributed by atoms with E-state index in [4.69, 9.17) is 9.72 Å². The highest BCUT2D eigenvalue weighted by molar-refractivity contribution is 5.73. The first kappa shape index (κ1) is 31.6. The van der Waals surface area contributed by atoms with E-state index >= 15 is 0 Å². The van der Waals surface area contributed by atoms with Crippen LogP contribution in [0.3, 0.4) is 0 Å². The fraction of sp³-hybridized carbons (Fsp3) is 0.500. The van der Waals surface area contributed by atoms with Crippen LogP contribution >= 0.6 is 0 Å². The molecule has 0 aliphatic carbocycles. The maximum absolute atomic E-state index is 13.4. The molecule has 3 heterocycles. The van der Waals surface area contributed by atoms with Crippen molar-refractivity contribution in [2.24, 2.45) is 11.8 Å². The zero-order valence-corrected chi connectivity index (χ0v) is 26.9. The summed E-state index contributed by atoms with van der Waals surface area (Å²) in [5.74, 6) is 1.46. The molecule has 8 nitrogen and oxygen atoms in total. The SMILES string of the molecule is CCC1CCN(Cc2nccn2Cc2cc(C(CCc3cn(CC)nn3)C(C)C(=O)OCc3ccccc3)ccc2C)CC1. The minimum Gasteiger partial charge on any atom is -0.461 e. The Hall–Kier alpha value is -3.78. The van der Waals surface area contributed by atoms with Crippen LogP contribution in [0.15, 0.2) is 67.1 Å². The fourth-order valence-corrected chi connectivity index (χ4v) is 6.31. The van der Waals surface area contributed by atoms with Gasteiger partial charge in [-0.15, -0.1) is 5.10 Å². The molecule has 44 heavy (non-hydrogen) atoms. The van der Waals surface area contributed by atoms with Crippen molar-refractivity contribution in [2.75, 3.05) is 13.1 Å². The van der Waals surface area contributed by atoms with E-state index in [1.807, 2.05) is 54.3 Å². The maximum atomic E-state index is 13.4. The van der Waals surface area contributed by atoms with E-state index in [-0.39, 0.29) is 24.4 Å². The highest BCUT2D eigenvalue weighted by atomic mass is 16.5. The van der Waals surface area contributed by atoms with Crippen molar-refractivity contribution in [3.05, 3.63) is 101 Å². The Balaban J connectivity index is 1.33. The molecule has 8 heteroatoms. The number of likely N-dealkylation sites (tertiary alicyclic amines) is 1. The third-order valence-electron chi connectivity index (χ3n) is 9.41. The number of aromatic nitrogens is 5. The summed E-state index contributed by atoms with van der Waals surface area (Å²) in [6, 6.07) is 16.5. The number of carbonyl (C=O) groups excluding carboxylic acids is 1. The van der Waals surface area contributed by atoms with E-state index in [1.165, 1.54) is 30.4 Å². The average Bonchev–Trinajstić information content (AvgIpc) is 3.71. The van der Waals surface area contributed by atoms with E-state index in [2.05, 4.69) is 64.9 Å². The predicted molar refractivity (Wildman–Crippen MR) is 173 cm³/mol. The number of piperidine rings is 1. The second kappa shape index (κ2) is 15.3. The van der Waals surface area contributed by atoms with Gasteiger partial charge in [0.2, 0.25) is 0 Å². The number of hydrogen-bond acceptors (Lipinski definition) is 6. The van der Waals surface area contributed by atoms with Crippen LogP contribution in [0.4, 0.5) is 0 Å². The van der Waals surface area contributed by atoms with Gasteiger partial charge in [-0.2, -0.15) is 0 Å². The van der Waals surface area contributed by atoms with Gasteiger partial charge in [-0.3, -0.25) is 14.4 Å². The number of aryl methyl sites for hydroxylation is 3. The van der Waals surface area contributed by atoms with Crippen LogP contribution < -0.4 is 0 Å². The van der Waals surface area contributed by atoms with E-state index in [0.717, 1.165) is 74.1 Å². The van der Waals surface area contributed by atoms with Gasteiger partial charge in [0.25, 0.3) is 0 Å². The summed E-state index contributed by atoms with van der Waals surface area (Å²) in [7, 11) is 0. The average molecular weight is 597 g/mol. The number of esters is 1. The van der Waals surface area contributed by atoms with Gasteiger partial charge in [0.1, 0.15) is 12.4 Å². The minimum absolute atomic E-state index is 0.0217. The first-order chi connectivity index (χ1) is 21.4. The molecule has 234 valence electrons. The zero-order valence-electron chi connectivity index (χ0n) is 26.9. The van der Waals surface area contributed by atoms with E-state index in [1.54, 1.807) is 0 Å². The lowest BCUT2D eigenvalue weighted by Crippen LogP contribution is -2.34. The molecule has 5 rings (SSSR count). The number of rotatable bonds is 14. The summed E-state index contributed by atoms with van der Waals surface area (Å²) >= 11 is 0. The third kappa shape index (κ3) is 8.23. The van der Waals surface area contributed by atoms with Gasteiger partial charge < -0.3 is 9.30 Å². The Morgan fingerprint density at radius 2 is 1.86 bits per heavy atom. The fourth-order valence-electron chi connectivity index (χ4n) is 6.31. The van der Waals surface area contributed by atoms with Gasteiger partial charge in [-0.05, 0) is 86.7 Å². The zero-order chi connectivity index (χ0) is 30.9. The molecule has 1 saturated heterocycles. The molecule has 0 N–H and O–H groups in total. The number of benzene rings is 2. The molecule has 0 amide bonds. The number of imidazole rings is 1. The highest BCUT2D eigenvalue weighted by Gasteiger charge is 2.28. The van der Waals surface area contributed by atoms with Gasteiger partial charge in [-0.25, -0.2) is 4.98 Å². The number of ether oxygens (including phenoxy) is 1. The van der Waals surface area contributed by atoms with Gasteiger partial charge in [0, 0.05) is 31.7 Å². The lowest BCUT2D eigenvalue weighted by Gasteiger charge is -2.31. The molecule has 0 saturated carbocycles. The molecule has 2 atom stereocenters. The Labute approximate surface area is 262 Å². The van der Waals surface area contributed by atoms with Crippen LogP contribution in [0.1, 0.15) is 86.1 Å². The van der Waals surface area contributed by atoms with Gasteiger partial charge >= 0.3 is 5.97 Å². The molecule has 2 aromatic carbocycles. The van der Waals surface area contributed by atoms with Crippen molar-refractivity contribution in [3.8, 4) is 0 Å². The molecule has 2 aromatic heterocycles. The predicted octanol–water partition coefficient (Wildman–Crippen LogP) is 6.57. The van der Waals surface area contributed by atoms with Crippen molar-refractivity contribution in [2.45, 2.75) is 92.0 Å². The standard InChI is InChI=1S/C36H48N6O2/c1-5-29-16-19-40(20-17-29)25-35-37-18-21-41(35)23-32-22-31(13-12-27(32)3)34(15-14-33-24-42(6-2)39-38-33)28(4)36(43)44-26-30-10-8-7-9-11-30/h7-13,18,21-22,24,28-29,34H,5-6,14-17,19-20,23,25-26H2,1-4H3. The Morgan fingerprint density at radius 1 is 1.07 bits per heavy atom. The van der Waals surface area contributed by atoms with Gasteiger partial charge in [0.05, 0.1) is 18.2 Å². The van der Waals surface area contributed by atoms with Crippen LogP contribution in [0.2, 0.25) is 0 Å². The van der Waals surface area contributed by atoms with E-state index < -0.39 is 0 Å². The topological polar surface area (TPSA) is 78.1 Å². The van der Waals surface area contributed by atoms with Crippen molar-refractivity contribution in [1.82, 2.24) is 29.4 Å². The van der Waals surface area contributed by atoms with E-state index in [0.29, 0.717) is 0 Å². The second-order valence-corrected chi connectivity index (χ2v) is 12.4. The molecular weight excluding hydrogens is 548 g/mol. The van der Waals surface area contributed by atoms with Crippen LogP contribution in [-0.2, 0) is 42.2 Å². The summed E-state index contributed by atoms with van der Waals surface area (Å²) in [5.41, 5.74) is 5.57. The van der Waals surface area contributed by atoms with Crippen LogP contribution in [0.25, 0.3) is 0 Å². The molecule has 0 spiro atoms. The molecule has 1 aliphatic heterocycles. The van der Waals surface area contributed by atoms with Crippen LogP contribution in [0, 0.1) is 18.8 Å². The number of carbonyl (C=O) groups is 1. The number of nitrogens with zero attached hydrogens (tertiary/aromatic N) is 6. The molecule has 1 aliphatic rings. The summed E-state index contributed by atoms with van der Waals surface area (Å²) in [5, 5.41) is 8.58. The van der Waals surface area contributed by atoms with Crippen molar-refractivity contribution >= 4 is 5.97 Å². The van der Waals surface area contributed by atoms with Crippen molar-refractivity contribution < 1.29 is 9.53 Å². The lowest BCUT2D eigenvalue weighted by atomic mass is 9.82. The molecular formula is C36H48N6O2. The third-order valence-corrected chi connectivity index (χ3v) is 9.41. The number of hydrogen-bond donors (Lipinski definition) is 0. The first-order valence-corrected chi connectivity index (χ1v) is 16.3. The van der Waals surface area contributed by atoms with Crippen LogP contribution in [-0.4, -0.2) is 48.5 Å². The smallest absolute Gasteiger partial charge is 0.309 e. The summed E-state index contributed by atoms with van der Waals surface area (Å²) in [6.45, 7) is 13.5. The normalized spacial score (nSPS) is 15.7. The van der Waals surface area contributed by atoms with Crippen molar-refractivity contribution in [1.29, 1.82) is 0 Å². The summed E-state index contributed by atoms with van der Waals surface area (Å²) in [6.07, 6.45) is 11.4. The Kier molecular flexibility index (Phi) is 11.0. The first-order valence-electron chi connectivity index (χ1n) is 16.3. The maximum Gasteiger partial charge on any atom is 0.309 e. The second-order valence-electron chi connectivity index (χ2n) is 12.4. The Morgan fingerprint density at radius 3 is 2.59 bits per heavy atom. The molecule has 1 fully saturated rings. The quantitative estimate of drug-likeness (QED) is 0.153. The van der Waals surface area contributed by atoms with Gasteiger partial charge in [-0.1, -0.05) is 74.0 Å². The molecule has 4 aromatic rings.